The number of hydrogen-bond donors (Lipinski definition) is 1. The van der Waals surface area contributed by atoms with Gasteiger partial charge in [0.25, 0.3) is 5.91 Å². The standard InChI is InChI=1S/C19H23ClN4O2/c1-26-12-7-22-19(25)15-5-6-21-18(13-15)24-10-8-23(9-11-24)17-4-2-3-16(20)14-17/h2-6,13-14H,7-12H2,1H3,(H,22,25). The van der Waals surface area contributed by atoms with Crippen LogP contribution in [0.1, 0.15) is 10.4 Å². The van der Waals surface area contributed by atoms with Crippen LogP contribution in [0.15, 0.2) is 42.6 Å². The number of amides is 1. The van der Waals surface area contributed by atoms with E-state index in [1.165, 1.54) is 0 Å². The van der Waals surface area contributed by atoms with Gasteiger partial charge in [0.1, 0.15) is 5.82 Å². The van der Waals surface area contributed by atoms with Gasteiger partial charge in [-0.25, -0.2) is 4.98 Å². The molecule has 0 saturated carbocycles. The Morgan fingerprint density at radius 1 is 1.19 bits per heavy atom. The zero-order valence-electron chi connectivity index (χ0n) is 14.8. The molecule has 0 spiro atoms. The lowest BCUT2D eigenvalue weighted by Gasteiger charge is -2.36. The van der Waals surface area contributed by atoms with E-state index in [0.717, 1.165) is 42.7 Å². The Morgan fingerprint density at radius 3 is 2.69 bits per heavy atom. The minimum Gasteiger partial charge on any atom is -0.383 e. The van der Waals surface area contributed by atoms with E-state index in [4.69, 9.17) is 16.3 Å². The van der Waals surface area contributed by atoms with Crippen molar-refractivity contribution in [2.75, 3.05) is 56.2 Å². The summed E-state index contributed by atoms with van der Waals surface area (Å²) in [5.41, 5.74) is 1.75. The average Bonchev–Trinajstić information content (AvgIpc) is 2.68. The molecule has 0 aliphatic carbocycles. The van der Waals surface area contributed by atoms with Gasteiger partial charge in [0.2, 0.25) is 0 Å². The predicted octanol–water partition coefficient (Wildman–Crippen LogP) is 2.44. The third kappa shape index (κ3) is 4.65. The lowest BCUT2D eigenvalue weighted by atomic mass is 10.2. The van der Waals surface area contributed by atoms with Gasteiger partial charge >= 0.3 is 0 Å². The number of methoxy groups -OCH3 is 1. The van der Waals surface area contributed by atoms with Crippen molar-refractivity contribution in [3.63, 3.8) is 0 Å². The van der Waals surface area contributed by atoms with Crippen molar-refractivity contribution < 1.29 is 9.53 Å². The van der Waals surface area contributed by atoms with Crippen LogP contribution in [0, 0.1) is 0 Å². The van der Waals surface area contributed by atoms with E-state index < -0.39 is 0 Å². The number of carbonyl (C=O) groups excluding carboxylic acids is 1. The number of anilines is 2. The molecule has 0 atom stereocenters. The van der Waals surface area contributed by atoms with E-state index in [0.29, 0.717) is 18.7 Å². The highest BCUT2D eigenvalue weighted by Gasteiger charge is 2.19. The summed E-state index contributed by atoms with van der Waals surface area (Å²) < 4.78 is 4.95. The molecule has 138 valence electrons. The van der Waals surface area contributed by atoms with Gasteiger partial charge in [0.05, 0.1) is 6.61 Å². The lowest BCUT2D eigenvalue weighted by molar-refractivity contribution is 0.0937. The summed E-state index contributed by atoms with van der Waals surface area (Å²) in [6.07, 6.45) is 1.68. The van der Waals surface area contributed by atoms with Crippen LogP contribution in [-0.4, -0.2) is 57.3 Å². The SMILES string of the molecule is COCCNC(=O)c1ccnc(N2CCN(c3cccc(Cl)c3)CC2)c1. The van der Waals surface area contributed by atoms with Gasteiger partial charge in [-0.3, -0.25) is 4.79 Å². The molecule has 1 saturated heterocycles. The zero-order valence-corrected chi connectivity index (χ0v) is 15.6. The van der Waals surface area contributed by atoms with Crippen LogP contribution in [-0.2, 0) is 4.74 Å². The number of benzene rings is 1. The first-order chi connectivity index (χ1) is 12.7. The summed E-state index contributed by atoms with van der Waals surface area (Å²) in [5.74, 6) is 0.721. The van der Waals surface area contributed by atoms with Crippen LogP contribution in [0.3, 0.4) is 0 Å². The molecule has 2 heterocycles. The third-order valence-corrected chi connectivity index (χ3v) is 4.61. The van der Waals surface area contributed by atoms with Crippen molar-refractivity contribution in [3.05, 3.63) is 53.2 Å². The highest BCUT2D eigenvalue weighted by Crippen LogP contribution is 2.22. The minimum absolute atomic E-state index is 0.108. The fourth-order valence-corrected chi connectivity index (χ4v) is 3.15. The molecule has 1 amide bonds. The van der Waals surface area contributed by atoms with Crippen LogP contribution in [0.2, 0.25) is 5.02 Å². The summed E-state index contributed by atoms with van der Waals surface area (Å²) in [5, 5.41) is 3.58. The molecule has 1 aliphatic heterocycles. The summed E-state index contributed by atoms with van der Waals surface area (Å²) in [6, 6.07) is 11.5. The monoisotopic (exact) mass is 374 g/mol. The van der Waals surface area contributed by atoms with E-state index in [1.54, 1.807) is 19.4 Å². The van der Waals surface area contributed by atoms with Crippen LogP contribution in [0.4, 0.5) is 11.5 Å². The number of aromatic nitrogens is 1. The largest absolute Gasteiger partial charge is 0.383 e. The summed E-state index contributed by atoms with van der Waals surface area (Å²) in [6.45, 7) is 4.43. The molecule has 1 aromatic heterocycles. The maximum Gasteiger partial charge on any atom is 0.251 e. The molecule has 2 aromatic rings. The van der Waals surface area contributed by atoms with Crippen molar-refractivity contribution >= 4 is 29.0 Å². The Morgan fingerprint density at radius 2 is 1.96 bits per heavy atom. The first kappa shape index (κ1) is 18.5. The van der Waals surface area contributed by atoms with E-state index in [-0.39, 0.29) is 5.91 Å². The number of carbonyl (C=O) groups is 1. The van der Waals surface area contributed by atoms with Crippen molar-refractivity contribution in [3.8, 4) is 0 Å². The molecule has 1 aromatic carbocycles. The summed E-state index contributed by atoms with van der Waals surface area (Å²) in [4.78, 5) is 21.1. The number of hydrogen-bond acceptors (Lipinski definition) is 5. The Balaban J connectivity index is 1.61. The van der Waals surface area contributed by atoms with E-state index >= 15 is 0 Å². The van der Waals surface area contributed by atoms with E-state index in [9.17, 15) is 4.79 Å². The van der Waals surface area contributed by atoms with Crippen molar-refractivity contribution in [2.24, 2.45) is 0 Å². The Kier molecular flexibility index (Phi) is 6.30. The second-order valence-corrected chi connectivity index (χ2v) is 6.54. The predicted molar refractivity (Wildman–Crippen MR) is 104 cm³/mol. The molecule has 1 N–H and O–H groups in total. The maximum atomic E-state index is 12.2. The van der Waals surface area contributed by atoms with Gasteiger partial charge in [-0.15, -0.1) is 0 Å². The average molecular weight is 375 g/mol. The lowest BCUT2D eigenvalue weighted by Crippen LogP contribution is -2.46. The van der Waals surface area contributed by atoms with Gasteiger partial charge in [0, 0.05) is 62.3 Å². The first-order valence-electron chi connectivity index (χ1n) is 8.66. The summed E-state index contributed by atoms with van der Waals surface area (Å²) >= 11 is 6.09. The first-order valence-corrected chi connectivity index (χ1v) is 9.04. The molecule has 0 unspecified atom stereocenters. The fraction of sp³-hybridized carbons (Fsp3) is 0.368. The fourth-order valence-electron chi connectivity index (χ4n) is 2.97. The maximum absolute atomic E-state index is 12.2. The van der Waals surface area contributed by atoms with Crippen molar-refractivity contribution in [1.82, 2.24) is 10.3 Å². The smallest absolute Gasteiger partial charge is 0.251 e. The van der Waals surface area contributed by atoms with Crippen molar-refractivity contribution in [2.45, 2.75) is 0 Å². The van der Waals surface area contributed by atoms with Crippen LogP contribution < -0.4 is 15.1 Å². The van der Waals surface area contributed by atoms with Gasteiger partial charge in [-0.1, -0.05) is 17.7 Å². The number of halogens is 1. The number of piperazine rings is 1. The molecule has 0 radical (unpaired) electrons. The molecule has 0 bridgehead atoms. The molecule has 6 nitrogen and oxygen atoms in total. The van der Waals surface area contributed by atoms with Crippen LogP contribution in [0.5, 0.6) is 0 Å². The third-order valence-electron chi connectivity index (χ3n) is 4.38. The molecule has 1 fully saturated rings. The number of rotatable bonds is 6. The zero-order chi connectivity index (χ0) is 18.4. The highest BCUT2D eigenvalue weighted by atomic mass is 35.5. The minimum atomic E-state index is -0.108. The molecule has 7 heteroatoms. The normalized spacial score (nSPS) is 14.4. The number of nitrogens with zero attached hydrogens (tertiary/aromatic N) is 3. The van der Waals surface area contributed by atoms with Crippen LogP contribution >= 0.6 is 11.6 Å². The molecule has 3 rings (SSSR count). The van der Waals surface area contributed by atoms with Gasteiger partial charge < -0.3 is 19.9 Å². The molecular formula is C19H23ClN4O2. The molecular weight excluding hydrogens is 352 g/mol. The molecule has 1 aliphatic rings. The van der Waals surface area contributed by atoms with Crippen LogP contribution in [0.25, 0.3) is 0 Å². The second-order valence-electron chi connectivity index (χ2n) is 6.11. The Bertz CT molecular complexity index is 748. The van der Waals surface area contributed by atoms with Crippen molar-refractivity contribution in [1.29, 1.82) is 0 Å². The summed E-state index contributed by atoms with van der Waals surface area (Å²) in [7, 11) is 1.61. The van der Waals surface area contributed by atoms with Gasteiger partial charge in [-0.05, 0) is 30.3 Å². The number of pyridine rings is 1. The van der Waals surface area contributed by atoms with Gasteiger partial charge in [-0.2, -0.15) is 0 Å². The molecule has 26 heavy (non-hydrogen) atoms. The number of nitrogens with one attached hydrogen (secondary N) is 1. The highest BCUT2D eigenvalue weighted by molar-refractivity contribution is 6.30. The number of ether oxygens (including phenoxy) is 1. The topological polar surface area (TPSA) is 57.7 Å². The van der Waals surface area contributed by atoms with E-state index in [2.05, 4.69) is 26.2 Å². The second kappa shape index (κ2) is 8.87. The van der Waals surface area contributed by atoms with Gasteiger partial charge in [0.15, 0.2) is 0 Å². The Hall–Kier alpha value is -2.31. The quantitative estimate of drug-likeness (QED) is 0.787. The Labute approximate surface area is 158 Å². The van der Waals surface area contributed by atoms with E-state index in [1.807, 2.05) is 24.3 Å².